The summed E-state index contributed by atoms with van der Waals surface area (Å²) in [6, 6.07) is 8.23. The van der Waals surface area contributed by atoms with Crippen LogP contribution in [-0.2, 0) is 6.54 Å². The van der Waals surface area contributed by atoms with Gasteiger partial charge in [0.15, 0.2) is 0 Å². The van der Waals surface area contributed by atoms with Gasteiger partial charge in [-0.25, -0.2) is 0 Å². The zero-order valence-corrected chi connectivity index (χ0v) is 13.4. The summed E-state index contributed by atoms with van der Waals surface area (Å²) in [7, 11) is 0. The number of nitro benzene ring substituents is 1. The third-order valence-corrected chi connectivity index (χ3v) is 3.61. The molecule has 110 valence electrons. The Kier molecular flexibility index (Phi) is 4.82. The third kappa shape index (κ3) is 3.53. The Morgan fingerprint density at radius 3 is 2.67 bits per heavy atom. The Balaban J connectivity index is 2.46. The van der Waals surface area contributed by atoms with Crippen LogP contribution in [0.4, 0.5) is 5.69 Å². The van der Waals surface area contributed by atoms with Crippen LogP contribution in [0, 0.1) is 17.0 Å². The fraction of sp³-hybridized carbons (Fsp3) is 0.143. The lowest BCUT2D eigenvalue weighted by Crippen LogP contribution is -1.98. The summed E-state index contributed by atoms with van der Waals surface area (Å²) in [6.07, 6.45) is 0. The van der Waals surface area contributed by atoms with Gasteiger partial charge in [-0.2, -0.15) is 0 Å². The van der Waals surface area contributed by atoms with Crippen molar-refractivity contribution in [3.8, 4) is 11.5 Å². The minimum Gasteiger partial charge on any atom is -0.448 e. The lowest BCUT2D eigenvalue weighted by Gasteiger charge is -2.11. The van der Waals surface area contributed by atoms with Gasteiger partial charge in [0.2, 0.25) is 5.75 Å². The maximum atomic E-state index is 11.2. The normalized spacial score (nSPS) is 10.5. The molecular weight excluding hydrogens is 360 g/mol. The zero-order chi connectivity index (χ0) is 15.6. The molecule has 0 atom stereocenters. The van der Waals surface area contributed by atoms with E-state index in [-0.39, 0.29) is 11.4 Å². The minimum atomic E-state index is -0.491. The number of aryl methyl sites for hydroxylation is 1. The molecule has 0 aliphatic heterocycles. The number of nitro groups is 1. The van der Waals surface area contributed by atoms with Crippen LogP contribution in [0.25, 0.3) is 0 Å². The highest BCUT2D eigenvalue weighted by atomic mass is 79.9. The second-order valence-corrected chi connectivity index (χ2v) is 5.72. The number of ether oxygens (including phenoxy) is 1. The summed E-state index contributed by atoms with van der Waals surface area (Å²) in [5, 5.41) is 11.5. The molecule has 0 spiro atoms. The summed E-state index contributed by atoms with van der Waals surface area (Å²) in [5.41, 5.74) is 6.90. The highest BCUT2D eigenvalue weighted by molar-refractivity contribution is 9.10. The van der Waals surface area contributed by atoms with E-state index in [1.807, 2.05) is 0 Å². The number of benzene rings is 2. The van der Waals surface area contributed by atoms with Crippen LogP contribution in [0.5, 0.6) is 11.5 Å². The van der Waals surface area contributed by atoms with Gasteiger partial charge in [-0.3, -0.25) is 10.1 Å². The third-order valence-electron chi connectivity index (χ3n) is 2.86. The molecule has 0 aromatic heterocycles. The number of hydrogen-bond donors (Lipinski definition) is 1. The van der Waals surface area contributed by atoms with E-state index in [0.29, 0.717) is 27.4 Å². The SMILES string of the molecule is Cc1cc(Br)cc([N+](=O)[O-])c1Oc1ccc(CN)cc1Cl. The maximum Gasteiger partial charge on any atom is 0.312 e. The molecule has 21 heavy (non-hydrogen) atoms. The Bertz CT molecular complexity index is 707. The molecule has 0 aliphatic carbocycles. The van der Waals surface area contributed by atoms with Crippen LogP contribution in [0.15, 0.2) is 34.8 Å². The average Bonchev–Trinajstić information content (AvgIpc) is 2.42. The monoisotopic (exact) mass is 370 g/mol. The smallest absolute Gasteiger partial charge is 0.312 e. The van der Waals surface area contributed by atoms with E-state index in [1.165, 1.54) is 6.07 Å². The summed E-state index contributed by atoms with van der Waals surface area (Å²) in [5.74, 6) is 0.521. The molecule has 0 fully saturated rings. The van der Waals surface area contributed by atoms with E-state index in [4.69, 9.17) is 22.1 Å². The van der Waals surface area contributed by atoms with Crippen molar-refractivity contribution in [3.05, 3.63) is 61.1 Å². The predicted octanol–water partition coefficient (Wildman–Crippen LogP) is 4.57. The molecule has 0 radical (unpaired) electrons. The van der Waals surface area contributed by atoms with Crippen molar-refractivity contribution >= 4 is 33.2 Å². The topological polar surface area (TPSA) is 78.4 Å². The summed E-state index contributed by atoms with van der Waals surface area (Å²) >= 11 is 9.35. The highest BCUT2D eigenvalue weighted by Gasteiger charge is 2.20. The van der Waals surface area contributed by atoms with Gasteiger partial charge in [0.25, 0.3) is 0 Å². The molecule has 2 N–H and O–H groups in total. The first-order chi connectivity index (χ1) is 9.92. The van der Waals surface area contributed by atoms with Crippen molar-refractivity contribution in [3.63, 3.8) is 0 Å². The molecule has 2 aromatic carbocycles. The van der Waals surface area contributed by atoms with Gasteiger partial charge in [-0.05, 0) is 36.2 Å². The van der Waals surface area contributed by atoms with E-state index in [9.17, 15) is 10.1 Å². The predicted molar refractivity (Wildman–Crippen MR) is 85.0 cm³/mol. The summed E-state index contributed by atoms with van der Waals surface area (Å²) < 4.78 is 6.27. The molecule has 2 aromatic rings. The Morgan fingerprint density at radius 2 is 2.10 bits per heavy atom. The second kappa shape index (κ2) is 6.43. The van der Waals surface area contributed by atoms with E-state index >= 15 is 0 Å². The van der Waals surface area contributed by atoms with Gasteiger partial charge in [-0.1, -0.05) is 33.6 Å². The molecule has 0 heterocycles. The maximum absolute atomic E-state index is 11.2. The standard InChI is InChI=1S/C14H12BrClN2O3/c1-8-4-10(15)6-12(18(19)20)14(8)21-13-3-2-9(7-17)5-11(13)16/h2-6H,7,17H2,1H3. The van der Waals surface area contributed by atoms with Gasteiger partial charge in [0, 0.05) is 17.1 Å². The van der Waals surface area contributed by atoms with Gasteiger partial charge in [-0.15, -0.1) is 0 Å². The second-order valence-electron chi connectivity index (χ2n) is 4.40. The quantitative estimate of drug-likeness (QED) is 0.630. The fourth-order valence-electron chi connectivity index (χ4n) is 1.84. The van der Waals surface area contributed by atoms with Crippen molar-refractivity contribution in [2.24, 2.45) is 5.73 Å². The van der Waals surface area contributed by atoms with Gasteiger partial charge in [0.05, 0.1) is 9.95 Å². The number of rotatable bonds is 4. The van der Waals surface area contributed by atoms with Gasteiger partial charge >= 0.3 is 5.69 Å². The Hall–Kier alpha value is -1.63. The van der Waals surface area contributed by atoms with Crippen molar-refractivity contribution in [2.45, 2.75) is 13.5 Å². The molecule has 0 saturated heterocycles. The van der Waals surface area contributed by atoms with Crippen molar-refractivity contribution in [1.82, 2.24) is 0 Å². The lowest BCUT2D eigenvalue weighted by molar-refractivity contribution is -0.385. The zero-order valence-electron chi connectivity index (χ0n) is 11.1. The van der Waals surface area contributed by atoms with E-state index in [2.05, 4.69) is 15.9 Å². The number of halogens is 2. The van der Waals surface area contributed by atoms with Crippen molar-refractivity contribution in [2.75, 3.05) is 0 Å². The molecule has 0 saturated carbocycles. The van der Waals surface area contributed by atoms with Crippen LogP contribution < -0.4 is 10.5 Å². The molecule has 0 aliphatic rings. The van der Waals surface area contributed by atoms with Crippen molar-refractivity contribution < 1.29 is 9.66 Å². The van der Waals surface area contributed by atoms with Gasteiger partial charge < -0.3 is 10.5 Å². The summed E-state index contributed by atoms with van der Waals surface area (Å²) in [6.45, 7) is 2.09. The molecule has 7 heteroatoms. The minimum absolute atomic E-state index is 0.124. The largest absolute Gasteiger partial charge is 0.448 e. The molecule has 0 bridgehead atoms. The molecule has 0 unspecified atom stereocenters. The molecule has 5 nitrogen and oxygen atoms in total. The highest BCUT2D eigenvalue weighted by Crippen LogP contribution is 2.39. The number of nitrogens with two attached hydrogens (primary N) is 1. The van der Waals surface area contributed by atoms with E-state index in [0.717, 1.165) is 5.56 Å². The molecule has 0 amide bonds. The number of hydrogen-bond acceptors (Lipinski definition) is 4. The number of nitrogens with zero attached hydrogens (tertiary/aromatic N) is 1. The van der Waals surface area contributed by atoms with E-state index < -0.39 is 4.92 Å². The van der Waals surface area contributed by atoms with Crippen LogP contribution >= 0.6 is 27.5 Å². The Labute approximate surface area is 134 Å². The first kappa shape index (κ1) is 15.8. The lowest BCUT2D eigenvalue weighted by atomic mass is 10.2. The van der Waals surface area contributed by atoms with Crippen LogP contribution in [-0.4, -0.2) is 4.92 Å². The molecular formula is C14H12BrClN2O3. The first-order valence-corrected chi connectivity index (χ1v) is 7.20. The van der Waals surface area contributed by atoms with Crippen LogP contribution in [0.1, 0.15) is 11.1 Å². The summed E-state index contributed by atoms with van der Waals surface area (Å²) in [4.78, 5) is 10.7. The van der Waals surface area contributed by atoms with E-state index in [1.54, 1.807) is 31.2 Å². The fourth-order valence-corrected chi connectivity index (χ4v) is 2.65. The van der Waals surface area contributed by atoms with Gasteiger partial charge in [0.1, 0.15) is 5.75 Å². The first-order valence-electron chi connectivity index (χ1n) is 6.03. The Morgan fingerprint density at radius 1 is 1.38 bits per heavy atom. The van der Waals surface area contributed by atoms with Crippen molar-refractivity contribution in [1.29, 1.82) is 0 Å². The average molecular weight is 372 g/mol. The van der Waals surface area contributed by atoms with Crippen LogP contribution in [0.3, 0.4) is 0 Å². The van der Waals surface area contributed by atoms with Crippen LogP contribution in [0.2, 0.25) is 5.02 Å². The molecule has 2 rings (SSSR count).